The van der Waals surface area contributed by atoms with E-state index in [9.17, 15) is 0 Å². The molecule has 3 heteroatoms. The Bertz CT molecular complexity index is 122. The number of thioether (sulfide) groups is 1. The number of nitrogens with one attached hydrogen (secondary N) is 1. The standard InChI is InChI=1S/C10H22N2S/c1-3-10(9-11-2)12-5-4-7-13-8-6-12/h10-11H,3-9H2,1-2H3. The molecule has 1 saturated heterocycles. The lowest BCUT2D eigenvalue weighted by Crippen LogP contribution is -2.42. The molecule has 0 aromatic rings. The van der Waals surface area contributed by atoms with Gasteiger partial charge in [-0.05, 0) is 32.2 Å². The van der Waals surface area contributed by atoms with E-state index in [2.05, 4.69) is 35.9 Å². The van der Waals surface area contributed by atoms with E-state index in [1.54, 1.807) is 0 Å². The molecule has 1 N–H and O–H groups in total. The molecule has 0 saturated carbocycles. The first-order valence-corrected chi connectivity index (χ1v) is 6.50. The third-order valence-corrected chi connectivity index (χ3v) is 3.73. The van der Waals surface area contributed by atoms with E-state index in [-0.39, 0.29) is 0 Å². The summed E-state index contributed by atoms with van der Waals surface area (Å²) in [5.41, 5.74) is 0. The minimum absolute atomic E-state index is 0.753. The van der Waals surface area contributed by atoms with E-state index >= 15 is 0 Å². The Balaban J connectivity index is 2.35. The van der Waals surface area contributed by atoms with Crippen LogP contribution >= 0.6 is 11.8 Å². The first kappa shape index (κ1) is 11.3. The number of rotatable bonds is 4. The molecule has 0 aliphatic carbocycles. The second-order valence-corrected chi connectivity index (χ2v) is 4.85. The fraction of sp³-hybridized carbons (Fsp3) is 1.00. The van der Waals surface area contributed by atoms with Crippen LogP contribution in [0.5, 0.6) is 0 Å². The van der Waals surface area contributed by atoms with Gasteiger partial charge in [-0.3, -0.25) is 4.90 Å². The van der Waals surface area contributed by atoms with Gasteiger partial charge in [-0.25, -0.2) is 0 Å². The van der Waals surface area contributed by atoms with Crippen molar-refractivity contribution in [3.8, 4) is 0 Å². The van der Waals surface area contributed by atoms with E-state index in [0.717, 1.165) is 12.6 Å². The predicted octanol–water partition coefficient (Wildman–Crippen LogP) is 1.42. The zero-order valence-corrected chi connectivity index (χ0v) is 9.70. The van der Waals surface area contributed by atoms with Gasteiger partial charge in [-0.15, -0.1) is 0 Å². The smallest absolute Gasteiger partial charge is 0.0218 e. The fourth-order valence-electron chi connectivity index (χ4n) is 1.90. The minimum Gasteiger partial charge on any atom is -0.318 e. The molecule has 0 aromatic heterocycles. The number of likely N-dealkylation sites (N-methyl/N-ethyl adjacent to an activating group) is 1. The first-order chi connectivity index (χ1) is 6.38. The molecule has 0 amide bonds. The van der Waals surface area contributed by atoms with Crippen LogP contribution in [0.3, 0.4) is 0 Å². The summed E-state index contributed by atoms with van der Waals surface area (Å²) in [7, 11) is 2.05. The van der Waals surface area contributed by atoms with Crippen LogP contribution in [0.2, 0.25) is 0 Å². The summed E-state index contributed by atoms with van der Waals surface area (Å²) < 4.78 is 0. The number of hydrogen-bond acceptors (Lipinski definition) is 3. The third-order valence-electron chi connectivity index (χ3n) is 2.68. The maximum atomic E-state index is 3.29. The summed E-state index contributed by atoms with van der Waals surface area (Å²) in [6, 6.07) is 0.753. The molecule has 0 spiro atoms. The fourth-order valence-corrected chi connectivity index (χ4v) is 2.80. The molecule has 1 unspecified atom stereocenters. The topological polar surface area (TPSA) is 15.3 Å². The molecule has 13 heavy (non-hydrogen) atoms. The second-order valence-electron chi connectivity index (χ2n) is 3.62. The van der Waals surface area contributed by atoms with Crippen molar-refractivity contribution in [1.29, 1.82) is 0 Å². The van der Waals surface area contributed by atoms with Crippen LogP contribution in [-0.4, -0.2) is 49.1 Å². The molecule has 1 aliphatic heterocycles. The highest BCUT2D eigenvalue weighted by molar-refractivity contribution is 7.99. The van der Waals surface area contributed by atoms with E-state index < -0.39 is 0 Å². The largest absolute Gasteiger partial charge is 0.318 e. The molecular formula is C10H22N2S. The molecule has 0 aromatic carbocycles. The van der Waals surface area contributed by atoms with Crippen LogP contribution < -0.4 is 5.32 Å². The molecular weight excluding hydrogens is 180 g/mol. The number of nitrogens with zero attached hydrogens (tertiary/aromatic N) is 1. The summed E-state index contributed by atoms with van der Waals surface area (Å²) in [5, 5.41) is 3.29. The van der Waals surface area contributed by atoms with E-state index in [4.69, 9.17) is 0 Å². The normalized spacial score (nSPS) is 22.6. The molecule has 1 rings (SSSR count). The second kappa shape index (κ2) is 6.68. The van der Waals surface area contributed by atoms with Crippen LogP contribution in [0.1, 0.15) is 19.8 Å². The highest BCUT2D eigenvalue weighted by Crippen LogP contribution is 2.13. The SMILES string of the molecule is CCC(CNC)N1CCCSCC1. The summed E-state index contributed by atoms with van der Waals surface area (Å²) in [5.74, 6) is 2.67. The van der Waals surface area contributed by atoms with Crippen molar-refractivity contribution < 1.29 is 0 Å². The quantitative estimate of drug-likeness (QED) is 0.742. The molecule has 0 radical (unpaired) electrons. The van der Waals surface area contributed by atoms with E-state index in [0.29, 0.717) is 0 Å². The minimum atomic E-state index is 0.753. The van der Waals surface area contributed by atoms with Crippen LogP contribution in [0.15, 0.2) is 0 Å². The Hall–Kier alpha value is 0.270. The highest BCUT2D eigenvalue weighted by atomic mass is 32.2. The van der Waals surface area contributed by atoms with Gasteiger partial charge in [0.15, 0.2) is 0 Å². The molecule has 1 heterocycles. The first-order valence-electron chi connectivity index (χ1n) is 5.35. The summed E-state index contributed by atoms with van der Waals surface area (Å²) in [6.07, 6.45) is 2.64. The zero-order chi connectivity index (χ0) is 9.52. The van der Waals surface area contributed by atoms with E-state index in [1.165, 1.54) is 37.4 Å². The highest BCUT2D eigenvalue weighted by Gasteiger charge is 2.16. The monoisotopic (exact) mass is 202 g/mol. The van der Waals surface area contributed by atoms with Gasteiger partial charge in [0, 0.05) is 24.9 Å². The summed E-state index contributed by atoms with van der Waals surface area (Å²) in [4.78, 5) is 2.65. The summed E-state index contributed by atoms with van der Waals surface area (Å²) in [6.45, 7) is 6.01. The van der Waals surface area contributed by atoms with Gasteiger partial charge in [0.25, 0.3) is 0 Å². The van der Waals surface area contributed by atoms with Gasteiger partial charge in [0.05, 0.1) is 0 Å². The Kier molecular flexibility index (Phi) is 5.83. The van der Waals surface area contributed by atoms with Gasteiger partial charge < -0.3 is 5.32 Å². The van der Waals surface area contributed by atoms with Crippen molar-refractivity contribution >= 4 is 11.8 Å². The third kappa shape index (κ3) is 3.88. The molecule has 2 nitrogen and oxygen atoms in total. The van der Waals surface area contributed by atoms with Crippen LogP contribution in [0.4, 0.5) is 0 Å². The van der Waals surface area contributed by atoms with Gasteiger partial charge in [-0.2, -0.15) is 11.8 Å². The van der Waals surface area contributed by atoms with Gasteiger partial charge in [0.1, 0.15) is 0 Å². The lowest BCUT2D eigenvalue weighted by atomic mass is 10.2. The van der Waals surface area contributed by atoms with Crippen LogP contribution in [-0.2, 0) is 0 Å². The van der Waals surface area contributed by atoms with Crippen molar-refractivity contribution in [3.63, 3.8) is 0 Å². The van der Waals surface area contributed by atoms with Crippen molar-refractivity contribution in [1.82, 2.24) is 10.2 Å². The van der Waals surface area contributed by atoms with Crippen LogP contribution in [0.25, 0.3) is 0 Å². The lowest BCUT2D eigenvalue weighted by molar-refractivity contribution is 0.203. The van der Waals surface area contributed by atoms with Crippen LogP contribution in [0, 0.1) is 0 Å². The predicted molar refractivity (Wildman–Crippen MR) is 61.5 cm³/mol. The summed E-state index contributed by atoms with van der Waals surface area (Å²) >= 11 is 2.10. The van der Waals surface area contributed by atoms with Crippen molar-refractivity contribution in [2.45, 2.75) is 25.8 Å². The molecule has 78 valence electrons. The molecule has 1 aliphatic rings. The van der Waals surface area contributed by atoms with Gasteiger partial charge >= 0.3 is 0 Å². The number of hydrogen-bond donors (Lipinski definition) is 1. The maximum Gasteiger partial charge on any atom is 0.0218 e. The van der Waals surface area contributed by atoms with Crippen molar-refractivity contribution in [2.24, 2.45) is 0 Å². The van der Waals surface area contributed by atoms with Crippen molar-refractivity contribution in [2.75, 3.05) is 38.2 Å². The average Bonchev–Trinajstić information content (AvgIpc) is 2.42. The van der Waals surface area contributed by atoms with Gasteiger partial charge in [-0.1, -0.05) is 6.92 Å². The van der Waals surface area contributed by atoms with Gasteiger partial charge in [0.2, 0.25) is 0 Å². The Morgan fingerprint density at radius 1 is 1.38 bits per heavy atom. The van der Waals surface area contributed by atoms with E-state index in [1.807, 2.05) is 0 Å². The molecule has 1 fully saturated rings. The molecule has 1 atom stereocenters. The Morgan fingerprint density at radius 2 is 2.23 bits per heavy atom. The molecule has 0 bridgehead atoms. The maximum absolute atomic E-state index is 3.29. The lowest BCUT2D eigenvalue weighted by Gasteiger charge is -2.29. The Morgan fingerprint density at radius 3 is 2.92 bits per heavy atom. The zero-order valence-electron chi connectivity index (χ0n) is 8.88. The average molecular weight is 202 g/mol. The van der Waals surface area contributed by atoms with Crippen molar-refractivity contribution in [3.05, 3.63) is 0 Å². The Labute approximate surface area is 86.5 Å².